The second-order valence-electron chi connectivity index (χ2n) is 5.52. The number of aromatic nitrogens is 6. The van der Waals surface area contributed by atoms with Crippen LogP contribution < -0.4 is 5.56 Å². The highest BCUT2D eigenvalue weighted by molar-refractivity contribution is 7.98. The third kappa shape index (κ3) is 3.12. The van der Waals surface area contributed by atoms with Gasteiger partial charge >= 0.3 is 5.97 Å². The molecule has 9 nitrogen and oxygen atoms in total. The molecular formula is C16H11FN6O3S. The summed E-state index contributed by atoms with van der Waals surface area (Å²) in [4.78, 5) is 43.3. The Morgan fingerprint density at radius 1 is 1.30 bits per heavy atom. The Morgan fingerprint density at radius 2 is 2.15 bits per heavy atom. The predicted octanol–water partition coefficient (Wildman–Crippen LogP) is 1.58. The van der Waals surface area contributed by atoms with Crippen molar-refractivity contribution in [3.05, 3.63) is 52.8 Å². The van der Waals surface area contributed by atoms with Crippen LogP contribution >= 0.6 is 11.8 Å². The van der Waals surface area contributed by atoms with Gasteiger partial charge in [0.2, 0.25) is 0 Å². The maximum Gasteiger partial charge on any atom is 0.323 e. The first kappa shape index (κ1) is 17.1. The molecule has 3 aromatic heterocycles. The highest BCUT2D eigenvalue weighted by atomic mass is 32.2. The summed E-state index contributed by atoms with van der Waals surface area (Å²) in [6.07, 6.45) is 2.85. The fraction of sp³-hybridized carbons (Fsp3) is 0.125. The van der Waals surface area contributed by atoms with Crippen LogP contribution in [0.5, 0.6) is 0 Å². The lowest BCUT2D eigenvalue weighted by atomic mass is 10.2. The molecule has 0 aliphatic rings. The first-order chi connectivity index (χ1) is 13.0. The molecule has 2 N–H and O–H groups in total. The first-order valence-corrected chi connectivity index (χ1v) is 8.70. The number of nitrogens with one attached hydrogen (secondary N) is 1. The fourth-order valence-electron chi connectivity index (χ4n) is 2.66. The van der Waals surface area contributed by atoms with E-state index in [4.69, 9.17) is 5.11 Å². The van der Waals surface area contributed by atoms with E-state index in [-0.39, 0.29) is 22.5 Å². The number of aromatic amines is 1. The number of fused-ring (bicyclic) bond motifs is 2. The van der Waals surface area contributed by atoms with Crippen molar-refractivity contribution in [3.63, 3.8) is 0 Å². The van der Waals surface area contributed by atoms with Gasteiger partial charge in [-0.25, -0.2) is 24.3 Å². The van der Waals surface area contributed by atoms with Crippen LogP contribution in [0.25, 0.3) is 22.1 Å². The minimum Gasteiger partial charge on any atom is -0.480 e. The van der Waals surface area contributed by atoms with Gasteiger partial charge in [-0.05, 0) is 12.1 Å². The van der Waals surface area contributed by atoms with Gasteiger partial charge in [-0.1, -0.05) is 17.8 Å². The molecule has 11 heteroatoms. The molecule has 0 fully saturated rings. The van der Waals surface area contributed by atoms with Crippen LogP contribution in [0.2, 0.25) is 0 Å². The smallest absolute Gasteiger partial charge is 0.323 e. The number of carboxylic acid groups (broad SMARTS) is 1. The van der Waals surface area contributed by atoms with E-state index in [1.807, 2.05) is 0 Å². The number of hydrogen-bond donors (Lipinski definition) is 2. The van der Waals surface area contributed by atoms with E-state index in [2.05, 4.69) is 24.9 Å². The molecule has 0 spiro atoms. The molecule has 0 unspecified atom stereocenters. The zero-order valence-electron chi connectivity index (χ0n) is 13.6. The SMILES string of the molecule is O=C(O)Cn1c(CSc2ncnc3nc[nH]c23)nc2cccc(F)c2c1=O. The number of benzene rings is 1. The van der Waals surface area contributed by atoms with Crippen molar-refractivity contribution in [1.82, 2.24) is 29.5 Å². The lowest BCUT2D eigenvalue weighted by Crippen LogP contribution is -2.29. The molecule has 0 saturated heterocycles. The summed E-state index contributed by atoms with van der Waals surface area (Å²) in [5.41, 5.74) is 0.558. The van der Waals surface area contributed by atoms with Gasteiger partial charge < -0.3 is 10.1 Å². The third-order valence-electron chi connectivity index (χ3n) is 3.83. The number of aliphatic carboxylic acids is 1. The number of rotatable bonds is 5. The van der Waals surface area contributed by atoms with Crippen molar-refractivity contribution in [1.29, 1.82) is 0 Å². The second-order valence-corrected chi connectivity index (χ2v) is 6.48. The van der Waals surface area contributed by atoms with Crippen molar-refractivity contribution >= 4 is 39.8 Å². The van der Waals surface area contributed by atoms with Gasteiger partial charge in [-0.2, -0.15) is 0 Å². The average Bonchev–Trinajstić information content (AvgIpc) is 3.11. The zero-order valence-corrected chi connectivity index (χ0v) is 14.4. The fourth-order valence-corrected chi connectivity index (χ4v) is 3.57. The van der Waals surface area contributed by atoms with Crippen LogP contribution in [0.3, 0.4) is 0 Å². The van der Waals surface area contributed by atoms with E-state index < -0.39 is 23.9 Å². The van der Waals surface area contributed by atoms with E-state index in [1.54, 1.807) is 0 Å². The Kier molecular flexibility index (Phi) is 4.28. The summed E-state index contributed by atoms with van der Waals surface area (Å²) in [6.45, 7) is -0.616. The highest BCUT2D eigenvalue weighted by Gasteiger charge is 2.17. The maximum atomic E-state index is 14.1. The molecule has 0 bridgehead atoms. The monoisotopic (exact) mass is 386 g/mol. The molecule has 0 aliphatic heterocycles. The molecule has 4 rings (SSSR count). The van der Waals surface area contributed by atoms with Crippen molar-refractivity contribution in [2.45, 2.75) is 17.3 Å². The van der Waals surface area contributed by atoms with E-state index in [0.717, 1.165) is 10.6 Å². The quantitative estimate of drug-likeness (QED) is 0.391. The summed E-state index contributed by atoms with van der Waals surface area (Å²) >= 11 is 1.24. The van der Waals surface area contributed by atoms with Gasteiger partial charge in [-0.3, -0.25) is 14.2 Å². The second kappa shape index (κ2) is 6.76. The molecular weight excluding hydrogens is 375 g/mol. The third-order valence-corrected chi connectivity index (χ3v) is 4.82. The van der Waals surface area contributed by atoms with Gasteiger partial charge in [-0.15, -0.1) is 0 Å². The molecule has 27 heavy (non-hydrogen) atoms. The summed E-state index contributed by atoms with van der Waals surface area (Å²) in [6, 6.07) is 4.10. The van der Waals surface area contributed by atoms with Crippen LogP contribution in [0, 0.1) is 5.82 Å². The van der Waals surface area contributed by atoms with Gasteiger partial charge in [0.25, 0.3) is 5.56 Å². The van der Waals surface area contributed by atoms with Crippen LogP contribution in [0.4, 0.5) is 4.39 Å². The summed E-state index contributed by atoms with van der Waals surface area (Å²) in [5, 5.41) is 9.48. The summed E-state index contributed by atoms with van der Waals surface area (Å²) in [5.74, 6) is -1.60. The Hall–Kier alpha value is -3.34. The zero-order chi connectivity index (χ0) is 19.0. The molecule has 136 valence electrons. The van der Waals surface area contributed by atoms with Crippen molar-refractivity contribution in [2.75, 3.05) is 0 Å². The van der Waals surface area contributed by atoms with Crippen molar-refractivity contribution < 1.29 is 14.3 Å². The van der Waals surface area contributed by atoms with E-state index >= 15 is 0 Å². The van der Waals surface area contributed by atoms with Gasteiger partial charge in [0, 0.05) is 0 Å². The minimum absolute atomic E-state index is 0.153. The number of carboxylic acids is 1. The Morgan fingerprint density at radius 3 is 2.96 bits per heavy atom. The predicted molar refractivity (Wildman–Crippen MR) is 94.8 cm³/mol. The topological polar surface area (TPSA) is 127 Å². The molecule has 0 atom stereocenters. The summed E-state index contributed by atoms with van der Waals surface area (Å²) < 4.78 is 15.0. The van der Waals surface area contributed by atoms with Crippen molar-refractivity contribution in [2.24, 2.45) is 0 Å². The van der Waals surface area contributed by atoms with Gasteiger partial charge in [0.05, 0.1) is 17.6 Å². The average molecular weight is 386 g/mol. The molecule has 4 aromatic rings. The van der Waals surface area contributed by atoms with E-state index in [1.165, 1.54) is 36.5 Å². The van der Waals surface area contributed by atoms with E-state index in [0.29, 0.717) is 16.2 Å². The van der Waals surface area contributed by atoms with Gasteiger partial charge in [0.15, 0.2) is 5.65 Å². The standard InChI is InChI=1S/C16H11FN6O3S/c17-8-2-1-3-9-12(8)16(26)23(4-11(24)25)10(22-9)5-27-15-13-14(19-6-18-13)20-7-21-15/h1-3,6-7H,4-5H2,(H,24,25)(H,18,19,20,21). The summed E-state index contributed by atoms with van der Waals surface area (Å²) in [7, 11) is 0. The number of H-pyrrole nitrogens is 1. The largest absolute Gasteiger partial charge is 0.480 e. The molecule has 0 saturated carbocycles. The lowest BCUT2D eigenvalue weighted by molar-refractivity contribution is -0.137. The minimum atomic E-state index is -1.22. The molecule has 1 aromatic carbocycles. The Labute approximate surface area is 154 Å². The maximum absolute atomic E-state index is 14.1. The Balaban J connectivity index is 1.79. The molecule has 3 heterocycles. The lowest BCUT2D eigenvalue weighted by Gasteiger charge is -2.12. The van der Waals surface area contributed by atoms with Crippen LogP contribution in [0.1, 0.15) is 5.82 Å². The highest BCUT2D eigenvalue weighted by Crippen LogP contribution is 2.25. The molecule has 0 amide bonds. The Bertz CT molecular complexity index is 1240. The number of imidazole rings is 1. The van der Waals surface area contributed by atoms with E-state index in [9.17, 15) is 14.0 Å². The number of halogens is 1. The number of carbonyl (C=O) groups is 1. The van der Waals surface area contributed by atoms with Crippen LogP contribution in [-0.2, 0) is 17.1 Å². The number of hydrogen-bond acceptors (Lipinski definition) is 7. The molecule has 0 aliphatic carbocycles. The van der Waals surface area contributed by atoms with Crippen LogP contribution in [-0.4, -0.2) is 40.6 Å². The van der Waals surface area contributed by atoms with Gasteiger partial charge in [0.1, 0.15) is 40.4 Å². The van der Waals surface area contributed by atoms with Crippen molar-refractivity contribution in [3.8, 4) is 0 Å². The first-order valence-electron chi connectivity index (χ1n) is 7.71. The molecule has 0 radical (unpaired) electrons. The number of nitrogens with zero attached hydrogens (tertiary/aromatic N) is 5. The van der Waals surface area contributed by atoms with Crippen LogP contribution in [0.15, 0.2) is 40.7 Å². The normalized spacial score (nSPS) is 11.3. The number of thioether (sulfide) groups is 1.